The predicted molar refractivity (Wildman–Crippen MR) is 101 cm³/mol. The van der Waals surface area contributed by atoms with E-state index < -0.39 is 16.1 Å². The maximum atomic E-state index is 12.2. The highest BCUT2D eigenvalue weighted by atomic mass is 32.2. The number of carbonyl (C=O) groups is 1. The van der Waals surface area contributed by atoms with Crippen molar-refractivity contribution in [2.45, 2.75) is 24.5 Å². The van der Waals surface area contributed by atoms with Crippen LogP contribution in [0.4, 0.5) is 0 Å². The molecule has 0 fully saturated rings. The maximum absolute atomic E-state index is 12.2. The summed E-state index contributed by atoms with van der Waals surface area (Å²) >= 11 is 0.966. The lowest BCUT2D eigenvalue weighted by Gasteiger charge is -2.07. The van der Waals surface area contributed by atoms with E-state index in [0.29, 0.717) is 10.5 Å². The second kappa shape index (κ2) is 8.86. The van der Waals surface area contributed by atoms with Crippen molar-refractivity contribution < 1.29 is 22.2 Å². The van der Waals surface area contributed by atoms with Crippen LogP contribution in [-0.2, 0) is 29.7 Å². The standard InChI is InChI=1S/C18H19NO5S2/c1-13-8-10-16(11-9-13)25-17(18(20)23-3)19-24-26(21,22)12-15-7-5-4-6-14(15)2/h4-11H,12H2,1-3H3. The van der Waals surface area contributed by atoms with Crippen LogP contribution >= 0.6 is 11.8 Å². The van der Waals surface area contributed by atoms with Crippen LogP contribution in [0, 0.1) is 13.8 Å². The molecule has 0 aromatic heterocycles. The average Bonchev–Trinajstić information content (AvgIpc) is 2.61. The lowest BCUT2D eigenvalue weighted by molar-refractivity contribution is -0.132. The lowest BCUT2D eigenvalue weighted by Crippen LogP contribution is -2.15. The minimum absolute atomic E-state index is 0.204. The zero-order valence-corrected chi connectivity index (χ0v) is 16.3. The van der Waals surface area contributed by atoms with Gasteiger partial charge >= 0.3 is 16.1 Å². The van der Waals surface area contributed by atoms with Gasteiger partial charge in [-0.15, -0.1) is 0 Å². The SMILES string of the molecule is COC(=O)C(=NOS(=O)(=O)Cc1ccccc1C)Sc1ccc(C)cc1. The number of aryl methyl sites for hydroxylation is 2. The Labute approximate surface area is 157 Å². The highest BCUT2D eigenvalue weighted by molar-refractivity contribution is 8.15. The molecule has 138 valence electrons. The van der Waals surface area contributed by atoms with Gasteiger partial charge in [-0.2, -0.15) is 8.42 Å². The van der Waals surface area contributed by atoms with Gasteiger partial charge in [0, 0.05) is 4.90 Å². The van der Waals surface area contributed by atoms with E-state index in [1.54, 1.807) is 37.3 Å². The van der Waals surface area contributed by atoms with Crippen LogP contribution < -0.4 is 0 Å². The highest BCUT2D eigenvalue weighted by Gasteiger charge is 2.19. The Morgan fingerprint density at radius 1 is 1.08 bits per heavy atom. The summed E-state index contributed by atoms with van der Waals surface area (Å²) in [6.45, 7) is 3.74. The largest absolute Gasteiger partial charge is 0.464 e. The quantitative estimate of drug-likeness (QED) is 0.254. The van der Waals surface area contributed by atoms with E-state index >= 15 is 0 Å². The number of carbonyl (C=O) groups excluding carboxylic acids is 1. The van der Waals surface area contributed by atoms with Gasteiger partial charge in [-0.1, -0.05) is 58.9 Å². The van der Waals surface area contributed by atoms with Crippen LogP contribution in [-0.4, -0.2) is 26.5 Å². The van der Waals surface area contributed by atoms with Crippen molar-refractivity contribution in [1.82, 2.24) is 0 Å². The molecule has 0 spiro atoms. The molecule has 2 rings (SSSR count). The smallest absolute Gasteiger partial charge is 0.367 e. The van der Waals surface area contributed by atoms with Gasteiger partial charge in [0.25, 0.3) is 0 Å². The summed E-state index contributed by atoms with van der Waals surface area (Å²) in [7, 11) is -2.81. The first kappa shape index (κ1) is 20.0. The Balaban J connectivity index is 2.17. The van der Waals surface area contributed by atoms with E-state index in [2.05, 4.69) is 9.89 Å². The fraction of sp³-hybridized carbons (Fsp3) is 0.222. The zero-order valence-electron chi connectivity index (χ0n) is 14.6. The van der Waals surface area contributed by atoms with Gasteiger partial charge in [-0.25, -0.2) is 4.79 Å². The summed E-state index contributed by atoms with van der Waals surface area (Å²) in [5.41, 5.74) is 2.49. The van der Waals surface area contributed by atoms with Crippen molar-refractivity contribution in [2.24, 2.45) is 5.16 Å². The Morgan fingerprint density at radius 2 is 1.73 bits per heavy atom. The molecule has 0 atom stereocenters. The van der Waals surface area contributed by atoms with Gasteiger partial charge in [0.05, 0.1) is 7.11 Å². The molecule has 0 unspecified atom stereocenters. The van der Waals surface area contributed by atoms with Crippen molar-refractivity contribution in [1.29, 1.82) is 0 Å². The molecule has 0 aliphatic carbocycles. The lowest BCUT2D eigenvalue weighted by atomic mass is 10.1. The van der Waals surface area contributed by atoms with Gasteiger partial charge in [-0.05, 0) is 37.1 Å². The predicted octanol–water partition coefficient (Wildman–Crippen LogP) is 3.43. The van der Waals surface area contributed by atoms with Crippen LogP contribution in [0.15, 0.2) is 58.6 Å². The van der Waals surface area contributed by atoms with Gasteiger partial charge in [0.1, 0.15) is 5.75 Å². The van der Waals surface area contributed by atoms with Crippen LogP contribution in [0.3, 0.4) is 0 Å². The average molecular weight is 393 g/mol. The van der Waals surface area contributed by atoms with Gasteiger partial charge in [0.2, 0.25) is 5.04 Å². The summed E-state index contributed by atoms with van der Waals surface area (Å²) in [4.78, 5) is 12.6. The molecule has 0 aliphatic heterocycles. The molecule has 0 amide bonds. The molecule has 2 aromatic carbocycles. The number of methoxy groups -OCH3 is 1. The van der Waals surface area contributed by atoms with Crippen molar-refractivity contribution in [3.05, 3.63) is 65.2 Å². The molecular formula is C18H19NO5S2. The minimum atomic E-state index is -4.00. The molecule has 0 saturated carbocycles. The van der Waals surface area contributed by atoms with Crippen molar-refractivity contribution >= 4 is 32.9 Å². The van der Waals surface area contributed by atoms with E-state index in [9.17, 15) is 13.2 Å². The maximum Gasteiger partial charge on any atom is 0.367 e. The molecule has 0 N–H and O–H groups in total. The first-order valence-electron chi connectivity index (χ1n) is 7.67. The number of rotatable bonds is 5. The number of hydrogen-bond acceptors (Lipinski definition) is 7. The van der Waals surface area contributed by atoms with E-state index in [4.69, 9.17) is 4.28 Å². The number of oxime groups is 1. The van der Waals surface area contributed by atoms with Crippen molar-refractivity contribution in [3.63, 3.8) is 0 Å². The molecular weight excluding hydrogens is 374 g/mol. The number of thioether (sulfide) groups is 1. The summed E-state index contributed by atoms with van der Waals surface area (Å²) in [5, 5.41) is 3.32. The normalized spacial score (nSPS) is 11.9. The zero-order chi connectivity index (χ0) is 19.2. The van der Waals surface area contributed by atoms with E-state index in [1.807, 2.05) is 25.1 Å². The number of nitrogens with zero attached hydrogens (tertiary/aromatic N) is 1. The fourth-order valence-electron chi connectivity index (χ4n) is 1.98. The van der Waals surface area contributed by atoms with Crippen molar-refractivity contribution in [2.75, 3.05) is 7.11 Å². The molecule has 6 nitrogen and oxygen atoms in total. The molecule has 0 saturated heterocycles. The fourth-order valence-corrected chi connectivity index (χ4v) is 3.71. The van der Waals surface area contributed by atoms with E-state index in [-0.39, 0.29) is 10.8 Å². The monoisotopic (exact) mass is 393 g/mol. The first-order valence-corrected chi connectivity index (χ1v) is 10.1. The van der Waals surface area contributed by atoms with E-state index in [1.165, 1.54) is 7.11 Å². The Hall–Kier alpha value is -2.32. The van der Waals surface area contributed by atoms with Gasteiger partial charge in [0.15, 0.2) is 0 Å². The second-order valence-corrected chi connectivity index (χ2v) is 8.12. The molecule has 0 aliphatic rings. The summed E-state index contributed by atoms with van der Waals surface area (Å²) in [6, 6.07) is 14.4. The topological polar surface area (TPSA) is 82.0 Å². The number of ether oxygens (including phenoxy) is 1. The van der Waals surface area contributed by atoms with Crippen LogP contribution in [0.25, 0.3) is 0 Å². The van der Waals surface area contributed by atoms with Crippen LogP contribution in [0.1, 0.15) is 16.7 Å². The van der Waals surface area contributed by atoms with Crippen LogP contribution in [0.2, 0.25) is 0 Å². The summed E-state index contributed by atoms with van der Waals surface area (Å²) < 4.78 is 33.7. The molecule has 0 radical (unpaired) electrons. The minimum Gasteiger partial charge on any atom is -0.464 e. The highest BCUT2D eigenvalue weighted by Crippen LogP contribution is 2.22. The Bertz CT molecular complexity index is 905. The summed E-state index contributed by atoms with van der Waals surface area (Å²) in [6.07, 6.45) is 0. The molecule has 0 bridgehead atoms. The van der Waals surface area contributed by atoms with Gasteiger partial charge < -0.3 is 4.74 Å². The Kier molecular flexibility index (Phi) is 6.82. The number of hydrogen-bond donors (Lipinski definition) is 0. The van der Waals surface area contributed by atoms with Crippen molar-refractivity contribution in [3.8, 4) is 0 Å². The molecule has 8 heteroatoms. The Morgan fingerprint density at radius 3 is 2.35 bits per heavy atom. The third kappa shape index (κ3) is 5.89. The third-order valence-corrected chi connectivity index (χ3v) is 5.33. The molecule has 26 heavy (non-hydrogen) atoms. The van der Waals surface area contributed by atoms with E-state index in [0.717, 1.165) is 22.9 Å². The van der Waals surface area contributed by atoms with Crippen LogP contribution in [0.5, 0.6) is 0 Å². The number of benzene rings is 2. The molecule has 0 heterocycles. The summed E-state index contributed by atoms with van der Waals surface area (Å²) in [5.74, 6) is -1.12. The van der Waals surface area contributed by atoms with Gasteiger partial charge in [-0.3, -0.25) is 4.28 Å². The second-order valence-electron chi connectivity index (χ2n) is 5.51. The third-order valence-electron chi connectivity index (χ3n) is 3.42. The first-order chi connectivity index (χ1) is 12.3. The molecule has 2 aromatic rings. The number of esters is 1.